The molecule has 0 spiro atoms. The third-order valence-electron chi connectivity index (χ3n) is 3.98. The van der Waals surface area contributed by atoms with Crippen LogP contribution in [0.1, 0.15) is 20.8 Å². The molecule has 0 aliphatic rings. The maximum atomic E-state index is 12.9. The normalized spacial score (nSPS) is 10.9. The Bertz CT molecular complexity index is 896. The minimum atomic E-state index is -0.00762. The number of para-hydroxylation sites is 1. The van der Waals surface area contributed by atoms with Crippen molar-refractivity contribution in [1.82, 2.24) is 20.2 Å². The molecule has 0 fully saturated rings. The number of benzene rings is 2. The van der Waals surface area contributed by atoms with Gasteiger partial charge in [0.05, 0.1) is 18.0 Å². The van der Waals surface area contributed by atoms with E-state index < -0.39 is 0 Å². The highest BCUT2D eigenvalue weighted by Gasteiger charge is 2.21. The summed E-state index contributed by atoms with van der Waals surface area (Å²) in [6.45, 7) is 6.54. The number of aromatic nitrogens is 4. The molecular formula is C20H23N5O2S. The van der Waals surface area contributed by atoms with Crippen molar-refractivity contribution in [2.75, 3.05) is 17.3 Å². The van der Waals surface area contributed by atoms with E-state index in [4.69, 9.17) is 4.74 Å². The summed E-state index contributed by atoms with van der Waals surface area (Å²) in [6, 6.07) is 17.2. The first-order valence-corrected chi connectivity index (χ1v) is 10.1. The van der Waals surface area contributed by atoms with Gasteiger partial charge >= 0.3 is 0 Å². The van der Waals surface area contributed by atoms with Gasteiger partial charge in [0.2, 0.25) is 11.1 Å². The summed E-state index contributed by atoms with van der Waals surface area (Å²) in [5, 5.41) is 12.4. The van der Waals surface area contributed by atoms with Gasteiger partial charge in [0.25, 0.3) is 0 Å². The van der Waals surface area contributed by atoms with Gasteiger partial charge in [0.15, 0.2) is 0 Å². The van der Waals surface area contributed by atoms with Gasteiger partial charge in [-0.1, -0.05) is 30.0 Å². The number of hydrogen-bond acceptors (Lipinski definition) is 6. The first-order valence-electron chi connectivity index (χ1n) is 9.11. The van der Waals surface area contributed by atoms with Crippen molar-refractivity contribution in [2.45, 2.75) is 32.0 Å². The van der Waals surface area contributed by atoms with E-state index in [2.05, 4.69) is 15.5 Å². The molecule has 1 aromatic heterocycles. The first kappa shape index (κ1) is 19.9. The molecule has 3 aromatic rings. The predicted octanol–water partition coefficient (Wildman–Crippen LogP) is 3.59. The van der Waals surface area contributed by atoms with E-state index >= 15 is 0 Å². The molecule has 28 heavy (non-hydrogen) atoms. The number of carbonyl (C=O) groups is 1. The second-order valence-electron chi connectivity index (χ2n) is 6.28. The molecule has 146 valence electrons. The number of hydrogen-bond donors (Lipinski definition) is 0. The van der Waals surface area contributed by atoms with Crippen LogP contribution >= 0.6 is 11.8 Å². The lowest BCUT2D eigenvalue weighted by Gasteiger charge is -2.27. The van der Waals surface area contributed by atoms with Gasteiger partial charge in [-0.2, -0.15) is 4.68 Å². The predicted molar refractivity (Wildman–Crippen MR) is 110 cm³/mol. The van der Waals surface area contributed by atoms with Crippen molar-refractivity contribution in [3.63, 3.8) is 0 Å². The summed E-state index contributed by atoms with van der Waals surface area (Å²) in [5.74, 6) is 1.02. The largest absolute Gasteiger partial charge is 0.494 e. The van der Waals surface area contributed by atoms with Gasteiger partial charge in [-0.05, 0) is 67.6 Å². The lowest BCUT2D eigenvalue weighted by molar-refractivity contribution is -0.116. The molecule has 0 bridgehead atoms. The standard InChI is InChI=1S/C20H23N5O2S/c1-4-27-18-12-10-16(11-13-18)24(15(2)3)19(26)14-28-20-21-22-23-25(20)17-8-6-5-7-9-17/h5-13,15H,4,14H2,1-3H3. The average Bonchev–Trinajstić information content (AvgIpc) is 3.17. The summed E-state index contributed by atoms with van der Waals surface area (Å²) in [6.07, 6.45) is 0. The number of anilines is 1. The van der Waals surface area contributed by atoms with Crippen LogP contribution in [0.3, 0.4) is 0 Å². The Labute approximate surface area is 168 Å². The van der Waals surface area contributed by atoms with Gasteiger partial charge < -0.3 is 9.64 Å². The zero-order chi connectivity index (χ0) is 19.9. The van der Waals surface area contributed by atoms with Gasteiger partial charge in [-0.3, -0.25) is 4.79 Å². The Morgan fingerprint density at radius 1 is 1.14 bits per heavy atom. The third-order valence-corrected chi connectivity index (χ3v) is 4.88. The Hall–Kier alpha value is -2.87. The van der Waals surface area contributed by atoms with Crippen LogP contribution in [0.25, 0.3) is 5.69 Å². The van der Waals surface area contributed by atoms with E-state index in [0.29, 0.717) is 11.8 Å². The molecule has 1 amide bonds. The quantitative estimate of drug-likeness (QED) is 0.541. The second-order valence-corrected chi connectivity index (χ2v) is 7.22. The number of rotatable bonds is 8. The molecule has 3 rings (SSSR count). The molecule has 7 nitrogen and oxygen atoms in total. The fraction of sp³-hybridized carbons (Fsp3) is 0.300. The van der Waals surface area contributed by atoms with Crippen LogP contribution < -0.4 is 9.64 Å². The van der Waals surface area contributed by atoms with Gasteiger partial charge in [0, 0.05) is 11.7 Å². The van der Waals surface area contributed by atoms with Crippen LogP contribution in [-0.2, 0) is 4.79 Å². The summed E-state index contributed by atoms with van der Waals surface area (Å²) >= 11 is 1.32. The Morgan fingerprint density at radius 3 is 2.50 bits per heavy atom. The minimum absolute atomic E-state index is 0.00762. The number of nitrogens with zero attached hydrogens (tertiary/aromatic N) is 5. The maximum absolute atomic E-state index is 12.9. The fourth-order valence-electron chi connectivity index (χ4n) is 2.80. The fourth-order valence-corrected chi connectivity index (χ4v) is 3.55. The highest BCUT2D eigenvalue weighted by molar-refractivity contribution is 7.99. The minimum Gasteiger partial charge on any atom is -0.494 e. The van der Waals surface area contributed by atoms with Gasteiger partial charge in [-0.15, -0.1) is 5.10 Å². The summed E-state index contributed by atoms with van der Waals surface area (Å²) in [7, 11) is 0. The molecule has 0 aliphatic heterocycles. The third kappa shape index (κ3) is 4.69. The Kier molecular flexibility index (Phi) is 6.65. The molecule has 0 radical (unpaired) electrons. The zero-order valence-corrected chi connectivity index (χ0v) is 17.0. The average molecular weight is 398 g/mol. The number of amides is 1. The zero-order valence-electron chi connectivity index (χ0n) is 16.1. The molecule has 0 N–H and O–H groups in total. The first-order chi connectivity index (χ1) is 13.6. The molecule has 0 unspecified atom stereocenters. The molecule has 0 saturated carbocycles. The van der Waals surface area contributed by atoms with Crippen LogP contribution in [0, 0.1) is 0 Å². The second kappa shape index (κ2) is 9.36. The molecular weight excluding hydrogens is 374 g/mol. The molecule has 0 atom stereocenters. The highest BCUT2D eigenvalue weighted by Crippen LogP contribution is 2.24. The van der Waals surface area contributed by atoms with E-state index in [1.54, 1.807) is 9.58 Å². The van der Waals surface area contributed by atoms with E-state index in [1.165, 1.54) is 11.8 Å². The van der Waals surface area contributed by atoms with Crippen LogP contribution in [0.4, 0.5) is 5.69 Å². The monoisotopic (exact) mass is 397 g/mol. The number of tetrazole rings is 1. The molecule has 0 saturated heterocycles. The lowest BCUT2D eigenvalue weighted by atomic mass is 10.2. The van der Waals surface area contributed by atoms with Crippen molar-refractivity contribution >= 4 is 23.4 Å². The van der Waals surface area contributed by atoms with Crippen molar-refractivity contribution in [1.29, 1.82) is 0 Å². The Balaban J connectivity index is 1.71. The summed E-state index contributed by atoms with van der Waals surface area (Å²) < 4.78 is 7.11. The van der Waals surface area contributed by atoms with E-state index in [9.17, 15) is 4.79 Å². The SMILES string of the molecule is CCOc1ccc(N(C(=O)CSc2nnnn2-c2ccccc2)C(C)C)cc1. The van der Waals surface area contributed by atoms with E-state index in [1.807, 2.05) is 75.4 Å². The maximum Gasteiger partial charge on any atom is 0.237 e. The van der Waals surface area contributed by atoms with Crippen LogP contribution in [0.15, 0.2) is 59.8 Å². The molecule has 2 aromatic carbocycles. The topological polar surface area (TPSA) is 73.1 Å². The summed E-state index contributed by atoms with van der Waals surface area (Å²) in [4.78, 5) is 14.7. The Morgan fingerprint density at radius 2 is 1.86 bits per heavy atom. The van der Waals surface area contributed by atoms with Crippen LogP contribution in [-0.4, -0.2) is 44.5 Å². The number of ether oxygens (including phenoxy) is 1. The van der Waals surface area contributed by atoms with Crippen molar-refractivity contribution < 1.29 is 9.53 Å². The van der Waals surface area contributed by atoms with Crippen molar-refractivity contribution in [2.24, 2.45) is 0 Å². The lowest BCUT2D eigenvalue weighted by Crippen LogP contribution is -2.38. The van der Waals surface area contributed by atoms with Gasteiger partial charge in [-0.25, -0.2) is 0 Å². The van der Waals surface area contributed by atoms with E-state index in [0.717, 1.165) is 17.1 Å². The molecule has 8 heteroatoms. The molecule has 1 heterocycles. The van der Waals surface area contributed by atoms with Crippen molar-refractivity contribution in [3.05, 3.63) is 54.6 Å². The number of thioether (sulfide) groups is 1. The van der Waals surface area contributed by atoms with Crippen LogP contribution in [0.2, 0.25) is 0 Å². The van der Waals surface area contributed by atoms with Gasteiger partial charge in [0.1, 0.15) is 5.75 Å². The number of carbonyl (C=O) groups excluding carboxylic acids is 1. The van der Waals surface area contributed by atoms with E-state index in [-0.39, 0.29) is 17.7 Å². The summed E-state index contributed by atoms with van der Waals surface area (Å²) in [5.41, 5.74) is 1.70. The molecule has 0 aliphatic carbocycles. The smallest absolute Gasteiger partial charge is 0.237 e. The van der Waals surface area contributed by atoms with Crippen molar-refractivity contribution in [3.8, 4) is 11.4 Å². The highest BCUT2D eigenvalue weighted by atomic mass is 32.2. The van der Waals surface area contributed by atoms with Crippen LogP contribution in [0.5, 0.6) is 5.75 Å².